The Hall–Kier alpha value is 2.21. The molecule has 0 aromatic carbocycles. The SMILES string of the molecule is OC([TeH])C(I)I. The molecule has 0 heterocycles. The van der Waals surface area contributed by atoms with Crippen molar-refractivity contribution < 1.29 is 5.11 Å². The summed E-state index contributed by atoms with van der Waals surface area (Å²) in [5.41, 5.74) is 0. The van der Waals surface area contributed by atoms with Gasteiger partial charge < -0.3 is 0 Å². The molecule has 0 aliphatic rings. The second kappa shape index (κ2) is 4.12. The third-order valence-corrected chi connectivity index (χ3v) is 5.83. The molecule has 0 aromatic rings. The molecule has 38 valence electrons. The number of alkyl halides is 2. The van der Waals surface area contributed by atoms with E-state index in [1.807, 2.05) is 0 Å². The van der Waals surface area contributed by atoms with E-state index in [2.05, 4.69) is 45.2 Å². The van der Waals surface area contributed by atoms with E-state index in [0.717, 1.165) is 0 Å². The predicted molar refractivity (Wildman–Crippen MR) is 45.0 cm³/mol. The second-order valence-corrected chi connectivity index (χ2v) is 7.33. The first-order chi connectivity index (χ1) is 2.64. The van der Waals surface area contributed by atoms with Crippen molar-refractivity contribution in [1.82, 2.24) is 0 Å². The van der Waals surface area contributed by atoms with E-state index in [9.17, 15) is 0 Å². The van der Waals surface area contributed by atoms with Gasteiger partial charge in [0.15, 0.2) is 0 Å². The van der Waals surface area contributed by atoms with Crippen LogP contribution in [0.3, 0.4) is 0 Å². The first kappa shape index (κ1) is 8.21. The summed E-state index contributed by atoms with van der Waals surface area (Å²) in [5.74, 6) is 0. The molecule has 0 saturated heterocycles. The molecule has 1 N–H and O–H groups in total. The number of halogens is 2. The Balaban J connectivity index is 2.99. The van der Waals surface area contributed by atoms with Gasteiger partial charge in [-0.2, -0.15) is 0 Å². The van der Waals surface area contributed by atoms with Crippen LogP contribution in [0.15, 0.2) is 0 Å². The van der Waals surface area contributed by atoms with Crippen LogP contribution in [0.5, 0.6) is 0 Å². The topological polar surface area (TPSA) is 20.2 Å². The van der Waals surface area contributed by atoms with E-state index in [1.54, 1.807) is 0 Å². The standard InChI is InChI=1S/C2H4I2OTe/c3-1(4)2(5)6/h1-2,5-6H. The Morgan fingerprint density at radius 3 is 1.67 bits per heavy atom. The Kier molecular flexibility index (Phi) is 5.64. The first-order valence-electron chi connectivity index (χ1n) is 1.29. The van der Waals surface area contributed by atoms with Crippen molar-refractivity contribution >= 4 is 67.5 Å². The molecule has 6 heavy (non-hydrogen) atoms. The monoisotopic (exact) mass is 428 g/mol. The molecule has 1 unspecified atom stereocenters. The van der Waals surface area contributed by atoms with E-state index in [4.69, 9.17) is 5.11 Å². The van der Waals surface area contributed by atoms with E-state index in [0.29, 0.717) is 1.93 Å². The van der Waals surface area contributed by atoms with Gasteiger partial charge in [-0.05, 0) is 0 Å². The van der Waals surface area contributed by atoms with Crippen LogP contribution in [0.1, 0.15) is 0 Å². The van der Waals surface area contributed by atoms with Crippen LogP contribution in [0.2, 0.25) is 0 Å². The summed E-state index contributed by atoms with van der Waals surface area (Å²) >= 11 is 5.83. The van der Waals surface area contributed by atoms with Crippen molar-refractivity contribution in [3.8, 4) is 0 Å². The number of rotatable bonds is 1. The van der Waals surface area contributed by atoms with E-state index < -0.39 is 0 Å². The van der Waals surface area contributed by atoms with Gasteiger partial charge >= 0.3 is 78.7 Å². The zero-order valence-corrected chi connectivity index (χ0v) is 9.67. The Morgan fingerprint density at radius 1 is 1.50 bits per heavy atom. The average molecular weight is 425 g/mol. The molecule has 1 nitrogen and oxygen atoms in total. The van der Waals surface area contributed by atoms with Crippen LogP contribution in [0, 0.1) is 0 Å². The molecule has 0 amide bonds. The van der Waals surface area contributed by atoms with Gasteiger partial charge in [0.25, 0.3) is 0 Å². The fraction of sp³-hybridized carbons (Fsp3) is 1.00. The Labute approximate surface area is 77.4 Å². The minimum atomic E-state index is -0.125. The van der Waals surface area contributed by atoms with E-state index in [-0.39, 0.29) is 4.15 Å². The molecule has 0 fully saturated rings. The van der Waals surface area contributed by atoms with Crippen molar-refractivity contribution in [2.75, 3.05) is 0 Å². The first-order valence-corrected chi connectivity index (χ1v) is 5.25. The summed E-state index contributed by atoms with van der Waals surface area (Å²) in [5, 5.41) is 8.64. The number of hydrogen-bond donors (Lipinski definition) is 1. The molecular weight excluding hydrogens is 421 g/mol. The van der Waals surface area contributed by atoms with Gasteiger partial charge in [-0.25, -0.2) is 0 Å². The van der Waals surface area contributed by atoms with E-state index in [1.165, 1.54) is 22.3 Å². The predicted octanol–water partition coefficient (Wildman–Crippen LogP) is 0.402. The van der Waals surface area contributed by atoms with Crippen molar-refractivity contribution in [1.29, 1.82) is 0 Å². The van der Waals surface area contributed by atoms with Crippen LogP contribution in [0.25, 0.3) is 0 Å². The molecule has 0 aliphatic carbocycles. The van der Waals surface area contributed by atoms with Crippen LogP contribution < -0.4 is 0 Å². The average Bonchev–Trinajstić information content (AvgIpc) is 1.36. The Morgan fingerprint density at radius 2 is 1.67 bits per heavy atom. The van der Waals surface area contributed by atoms with Crippen molar-refractivity contribution in [2.24, 2.45) is 0 Å². The van der Waals surface area contributed by atoms with Gasteiger partial charge in [0.1, 0.15) is 0 Å². The van der Waals surface area contributed by atoms with Gasteiger partial charge in [0.05, 0.1) is 0 Å². The van der Waals surface area contributed by atoms with Crippen molar-refractivity contribution in [3.05, 3.63) is 0 Å². The summed E-state index contributed by atoms with van der Waals surface area (Å²) in [6.45, 7) is 0. The van der Waals surface area contributed by atoms with Gasteiger partial charge in [0.2, 0.25) is 0 Å². The molecule has 0 spiro atoms. The summed E-state index contributed by atoms with van der Waals surface area (Å²) in [7, 11) is 0. The van der Waals surface area contributed by atoms with Gasteiger partial charge in [-0.15, -0.1) is 0 Å². The molecule has 0 aliphatic heterocycles. The second-order valence-electron chi connectivity index (χ2n) is 0.748. The van der Waals surface area contributed by atoms with Gasteiger partial charge in [0, 0.05) is 0 Å². The Bertz CT molecular complexity index is 32.5. The molecule has 0 radical (unpaired) electrons. The van der Waals surface area contributed by atoms with Crippen molar-refractivity contribution in [3.63, 3.8) is 0 Å². The molecule has 0 bridgehead atoms. The normalized spacial score (nSPS) is 15.5. The third-order valence-electron chi connectivity index (χ3n) is 0.225. The fourth-order valence-corrected chi connectivity index (χ4v) is 0. The maximum absolute atomic E-state index is 8.64. The van der Waals surface area contributed by atoms with Crippen LogP contribution >= 0.6 is 45.2 Å². The maximum atomic E-state index is 8.64. The number of hydrogen-bond acceptors (Lipinski definition) is 1. The van der Waals surface area contributed by atoms with Crippen LogP contribution in [-0.2, 0) is 0 Å². The molecule has 1 atom stereocenters. The fourth-order valence-electron chi connectivity index (χ4n) is 0. The van der Waals surface area contributed by atoms with Gasteiger partial charge in [-0.3, -0.25) is 0 Å². The number of aliphatic hydroxyl groups is 1. The minimum absolute atomic E-state index is 0.125. The quantitative estimate of drug-likeness (QED) is 0.367. The van der Waals surface area contributed by atoms with Crippen LogP contribution in [0.4, 0.5) is 0 Å². The zero-order chi connectivity index (χ0) is 5.15. The van der Waals surface area contributed by atoms with Crippen molar-refractivity contribution in [2.45, 2.75) is 6.08 Å². The zero-order valence-electron chi connectivity index (χ0n) is 2.81. The third kappa shape index (κ3) is 4.37. The van der Waals surface area contributed by atoms with E-state index >= 15 is 0 Å². The summed E-state index contributed by atoms with van der Waals surface area (Å²) in [4.78, 5) is 0. The molecular formula is C2H4I2OTe. The van der Waals surface area contributed by atoms with Gasteiger partial charge in [-0.1, -0.05) is 0 Å². The summed E-state index contributed by atoms with van der Waals surface area (Å²) in [6, 6.07) is 0. The molecule has 4 heteroatoms. The number of aliphatic hydroxyl groups excluding tert-OH is 1. The van der Waals surface area contributed by atoms with Crippen LogP contribution in [-0.4, -0.2) is 33.5 Å². The summed E-state index contributed by atoms with van der Waals surface area (Å²) < 4.78 is 0.245. The molecule has 0 saturated carbocycles. The molecule has 0 aromatic heterocycles. The molecule has 0 rings (SSSR count). The summed E-state index contributed by atoms with van der Waals surface area (Å²) in [6.07, 6.45) is 0.